The first-order valence-electron chi connectivity index (χ1n) is 16.8. The second kappa shape index (κ2) is 14.5. The van der Waals surface area contributed by atoms with Crippen molar-refractivity contribution < 1.29 is 23.4 Å². The second-order valence-corrected chi connectivity index (χ2v) is 13.6. The molecule has 4 aliphatic rings. The van der Waals surface area contributed by atoms with Gasteiger partial charge in [-0.3, -0.25) is 14.7 Å². The Balaban J connectivity index is 0.00000401. The van der Waals surface area contributed by atoms with E-state index in [9.17, 15) is 9.18 Å². The van der Waals surface area contributed by atoms with Gasteiger partial charge in [-0.2, -0.15) is 0 Å². The highest BCUT2D eigenvalue weighted by Gasteiger charge is 2.54. The number of halogens is 2. The zero-order chi connectivity index (χ0) is 32.5. The number of benzene rings is 1. The van der Waals surface area contributed by atoms with E-state index in [0.29, 0.717) is 18.1 Å². The fourth-order valence-electron chi connectivity index (χ4n) is 7.49. The van der Waals surface area contributed by atoms with E-state index in [0.717, 1.165) is 83.1 Å². The van der Waals surface area contributed by atoms with Crippen LogP contribution >= 0.6 is 12.4 Å². The minimum absolute atomic E-state index is 0. The molecule has 1 N–H and O–H groups in total. The van der Waals surface area contributed by atoms with Gasteiger partial charge in [0.25, 0.3) is 5.91 Å². The van der Waals surface area contributed by atoms with E-state index >= 15 is 0 Å². The lowest BCUT2D eigenvalue weighted by Crippen LogP contribution is -2.65. The van der Waals surface area contributed by atoms with Gasteiger partial charge in [0.15, 0.2) is 11.6 Å². The fraction of sp³-hybridized carbons (Fsp3) is 0.543. The Morgan fingerprint density at radius 2 is 2.02 bits per heavy atom. The summed E-state index contributed by atoms with van der Waals surface area (Å²) in [6, 6.07) is 6.01. The van der Waals surface area contributed by atoms with Crippen LogP contribution in [0.3, 0.4) is 0 Å². The number of morpholine rings is 1. The molecule has 1 atom stereocenters. The smallest absolute Gasteiger partial charge is 0.257 e. The molecular weight excluding hydrogens is 637 g/mol. The van der Waals surface area contributed by atoms with E-state index in [2.05, 4.69) is 30.1 Å². The van der Waals surface area contributed by atoms with Crippen molar-refractivity contribution in [1.29, 1.82) is 0 Å². The normalized spacial score (nSPS) is 20.4. The minimum Gasteiger partial charge on any atom is -0.490 e. The molecule has 48 heavy (non-hydrogen) atoms. The number of ether oxygens (including phenoxy) is 3. The fourth-order valence-corrected chi connectivity index (χ4v) is 7.49. The lowest BCUT2D eigenvalue weighted by Gasteiger charge is -2.59. The number of hydrogen-bond donors (Lipinski definition) is 1. The van der Waals surface area contributed by atoms with Gasteiger partial charge in [-0.15, -0.1) is 12.4 Å². The zero-order valence-corrected chi connectivity index (χ0v) is 28.7. The van der Waals surface area contributed by atoms with Crippen molar-refractivity contribution in [2.75, 3.05) is 57.3 Å². The van der Waals surface area contributed by atoms with Crippen LogP contribution < -0.4 is 19.7 Å². The summed E-state index contributed by atoms with van der Waals surface area (Å²) in [7, 11) is 0. The SMILES string of the molecule is CCN(C(=O)c1cc(F)ccc1Oc1cncnc1N1CC2(CC(Oc3ccnc4c3CN(C[C@H]3CNCCO3)CC4)C2)C1)C(C)C.Cl. The van der Waals surface area contributed by atoms with Gasteiger partial charge in [-0.05, 0) is 57.9 Å². The van der Waals surface area contributed by atoms with Crippen LogP contribution in [-0.4, -0.2) is 101 Å². The third kappa shape index (κ3) is 7.08. The number of nitrogens with zero attached hydrogens (tertiary/aromatic N) is 6. The average Bonchev–Trinajstić information content (AvgIpc) is 3.03. The third-order valence-corrected chi connectivity index (χ3v) is 9.86. The molecule has 2 aromatic heterocycles. The Kier molecular flexibility index (Phi) is 10.4. The predicted molar refractivity (Wildman–Crippen MR) is 182 cm³/mol. The van der Waals surface area contributed by atoms with Crippen molar-refractivity contribution in [2.45, 2.75) is 64.8 Å². The number of aromatic nitrogens is 3. The van der Waals surface area contributed by atoms with Crippen molar-refractivity contribution in [3.05, 3.63) is 65.6 Å². The Labute approximate surface area is 287 Å². The van der Waals surface area contributed by atoms with E-state index in [1.165, 1.54) is 30.1 Å². The summed E-state index contributed by atoms with van der Waals surface area (Å²) in [6.45, 7) is 13.2. The van der Waals surface area contributed by atoms with Crippen molar-refractivity contribution in [2.24, 2.45) is 5.41 Å². The molecule has 5 heterocycles. The highest BCUT2D eigenvalue weighted by molar-refractivity contribution is 5.97. The zero-order valence-electron chi connectivity index (χ0n) is 27.9. The number of rotatable bonds is 10. The first-order valence-corrected chi connectivity index (χ1v) is 16.8. The van der Waals surface area contributed by atoms with Gasteiger partial charge in [-0.25, -0.2) is 14.4 Å². The average molecular weight is 682 g/mol. The molecule has 11 nitrogen and oxygen atoms in total. The molecule has 3 fully saturated rings. The molecular formula is C35H45ClFN7O4. The van der Waals surface area contributed by atoms with Crippen LogP contribution in [0.2, 0.25) is 0 Å². The van der Waals surface area contributed by atoms with Crippen molar-refractivity contribution in [3.63, 3.8) is 0 Å². The van der Waals surface area contributed by atoms with Crippen LogP contribution in [-0.2, 0) is 17.7 Å². The lowest BCUT2D eigenvalue weighted by atomic mass is 9.61. The molecule has 1 spiro atoms. The van der Waals surface area contributed by atoms with Crippen LogP contribution in [0.4, 0.5) is 10.2 Å². The third-order valence-electron chi connectivity index (χ3n) is 9.86. The van der Waals surface area contributed by atoms with E-state index in [4.69, 9.17) is 14.2 Å². The summed E-state index contributed by atoms with van der Waals surface area (Å²) in [6.07, 6.45) is 8.19. The van der Waals surface area contributed by atoms with Crippen LogP contribution in [0.5, 0.6) is 17.2 Å². The predicted octanol–water partition coefficient (Wildman–Crippen LogP) is 4.49. The summed E-state index contributed by atoms with van der Waals surface area (Å²) in [5.74, 6) is 1.56. The van der Waals surface area contributed by atoms with E-state index in [-0.39, 0.29) is 53.3 Å². The monoisotopic (exact) mass is 681 g/mol. The number of anilines is 1. The van der Waals surface area contributed by atoms with Gasteiger partial charge in [0.2, 0.25) is 0 Å². The molecule has 0 radical (unpaired) electrons. The standard InChI is InChI=1S/C35H44FN7O4.ClH/c1-4-43(23(2)3)34(44)27-13-24(36)5-6-30(27)47-32-17-38-22-40-33(32)42-20-35(21-42)14-25(15-35)46-31-7-9-39-29-8-11-41(19-28(29)31)18-26-16-37-10-12-45-26;/h5-7,9,13,17,22-23,25-26,37H,4,8,10-12,14-16,18-21H2,1-3H3;1H/t26-;/m1./s1. The van der Waals surface area contributed by atoms with Crippen LogP contribution in [0.25, 0.3) is 0 Å². The molecule has 0 unspecified atom stereocenters. The maximum atomic E-state index is 14.3. The summed E-state index contributed by atoms with van der Waals surface area (Å²) >= 11 is 0. The van der Waals surface area contributed by atoms with E-state index in [1.807, 2.05) is 33.0 Å². The van der Waals surface area contributed by atoms with Crippen molar-refractivity contribution >= 4 is 24.1 Å². The molecule has 258 valence electrons. The van der Waals surface area contributed by atoms with Gasteiger partial charge in [-0.1, -0.05) is 0 Å². The first kappa shape index (κ1) is 34.3. The molecule has 3 aliphatic heterocycles. The number of hydrogen-bond acceptors (Lipinski definition) is 10. The van der Waals surface area contributed by atoms with Crippen molar-refractivity contribution in [3.8, 4) is 17.2 Å². The quantitative estimate of drug-likeness (QED) is 0.329. The number of pyridine rings is 1. The Bertz CT molecular complexity index is 1590. The molecule has 1 saturated carbocycles. The maximum Gasteiger partial charge on any atom is 0.257 e. The molecule has 7 rings (SSSR count). The van der Waals surface area contributed by atoms with Crippen molar-refractivity contribution in [1.82, 2.24) is 30.1 Å². The number of carbonyl (C=O) groups is 1. The Hall–Kier alpha value is -3.58. The second-order valence-electron chi connectivity index (χ2n) is 13.6. The highest BCUT2D eigenvalue weighted by Crippen LogP contribution is 2.52. The summed E-state index contributed by atoms with van der Waals surface area (Å²) in [4.78, 5) is 33.1. The number of nitrogens with one attached hydrogen (secondary N) is 1. The Morgan fingerprint density at radius 1 is 1.19 bits per heavy atom. The van der Waals surface area contributed by atoms with Gasteiger partial charge in [0.05, 0.1) is 24.5 Å². The molecule has 1 aromatic carbocycles. The topological polar surface area (TPSA) is 105 Å². The summed E-state index contributed by atoms with van der Waals surface area (Å²) < 4.78 is 33.1. The minimum atomic E-state index is -0.493. The molecule has 2 saturated heterocycles. The molecule has 1 amide bonds. The molecule has 3 aromatic rings. The van der Waals surface area contributed by atoms with Gasteiger partial charge in [0, 0.05) is 87.7 Å². The van der Waals surface area contributed by atoms with Crippen LogP contribution in [0.15, 0.2) is 43.0 Å². The molecule has 0 bridgehead atoms. The van der Waals surface area contributed by atoms with E-state index in [1.54, 1.807) is 11.1 Å². The van der Waals surface area contributed by atoms with Crippen LogP contribution in [0.1, 0.15) is 55.2 Å². The maximum absolute atomic E-state index is 14.3. The number of amides is 1. The van der Waals surface area contributed by atoms with Crippen LogP contribution in [0, 0.1) is 11.2 Å². The number of fused-ring (bicyclic) bond motifs is 1. The molecule has 13 heteroatoms. The lowest BCUT2D eigenvalue weighted by molar-refractivity contribution is -0.0356. The summed E-state index contributed by atoms with van der Waals surface area (Å²) in [5.41, 5.74) is 2.68. The number of carbonyl (C=O) groups excluding carboxylic acids is 1. The molecule has 1 aliphatic carbocycles. The first-order chi connectivity index (χ1) is 22.8. The summed E-state index contributed by atoms with van der Waals surface area (Å²) in [5, 5.41) is 3.43. The van der Waals surface area contributed by atoms with Gasteiger partial charge < -0.3 is 29.3 Å². The van der Waals surface area contributed by atoms with Gasteiger partial charge in [0.1, 0.15) is 29.7 Å². The Morgan fingerprint density at radius 3 is 2.77 bits per heavy atom. The van der Waals surface area contributed by atoms with E-state index < -0.39 is 5.82 Å². The highest BCUT2D eigenvalue weighted by atomic mass is 35.5. The van der Waals surface area contributed by atoms with Gasteiger partial charge >= 0.3 is 0 Å². The largest absolute Gasteiger partial charge is 0.490 e.